The molecule has 1 aromatic carbocycles. The zero-order chi connectivity index (χ0) is 16.3. The maximum Gasteiger partial charge on any atom is 0.471 e. The predicted molar refractivity (Wildman–Crippen MR) is 70.5 cm³/mol. The molecule has 0 radical (unpaired) electrons. The first-order valence-electron chi connectivity index (χ1n) is 6.86. The maximum absolute atomic E-state index is 12.5. The highest BCUT2D eigenvalue weighted by atomic mass is 19.4. The van der Waals surface area contributed by atoms with Gasteiger partial charge in [-0.2, -0.15) is 13.2 Å². The summed E-state index contributed by atoms with van der Waals surface area (Å²) in [6.45, 7) is 1.39. The molecule has 2 aliphatic rings. The molecule has 1 heterocycles. The molecule has 22 heavy (non-hydrogen) atoms. The van der Waals surface area contributed by atoms with Crippen LogP contribution in [0.4, 0.5) is 13.2 Å². The number of ketones is 1. The second-order valence-electron chi connectivity index (χ2n) is 6.03. The number of benzene rings is 1. The van der Waals surface area contributed by atoms with Crippen molar-refractivity contribution < 1.29 is 27.9 Å². The monoisotopic (exact) mass is 313 g/mol. The van der Waals surface area contributed by atoms with Crippen LogP contribution in [0, 0.1) is 5.92 Å². The number of phenols is 1. The van der Waals surface area contributed by atoms with Gasteiger partial charge in [0.25, 0.3) is 0 Å². The number of hydrogen-bond donors (Lipinski definition) is 1. The summed E-state index contributed by atoms with van der Waals surface area (Å²) in [7, 11) is 0. The third kappa shape index (κ3) is 2.15. The van der Waals surface area contributed by atoms with Crippen molar-refractivity contribution in [2.75, 3.05) is 13.1 Å². The Morgan fingerprint density at radius 3 is 2.64 bits per heavy atom. The molecule has 2 atom stereocenters. The van der Waals surface area contributed by atoms with E-state index in [1.54, 1.807) is 6.07 Å². The first-order chi connectivity index (χ1) is 10.1. The largest absolute Gasteiger partial charge is 0.507 e. The number of rotatable bonds is 2. The lowest BCUT2D eigenvalue weighted by molar-refractivity contribution is -0.184. The minimum Gasteiger partial charge on any atom is -0.507 e. The van der Waals surface area contributed by atoms with Gasteiger partial charge in [-0.05, 0) is 37.0 Å². The van der Waals surface area contributed by atoms with Crippen molar-refractivity contribution in [2.24, 2.45) is 5.92 Å². The molecular formula is C15H14F3NO3. The molecule has 1 saturated carbocycles. The molecule has 4 nitrogen and oxygen atoms in total. The van der Waals surface area contributed by atoms with Crippen molar-refractivity contribution in [3.05, 3.63) is 29.3 Å². The number of carbonyl (C=O) groups excluding carboxylic acids is 2. The van der Waals surface area contributed by atoms with E-state index in [4.69, 9.17) is 0 Å². The Kier molecular flexibility index (Phi) is 3.02. The zero-order valence-corrected chi connectivity index (χ0v) is 11.8. The van der Waals surface area contributed by atoms with Crippen molar-refractivity contribution in [1.82, 2.24) is 4.90 Å². The number of aromatic hydroxyl groups is 1. The Hall–Kier alpha value is -2.05. The summed E-state index contributed by atoms with van der Waals surface area (Å²) < 4.78 is 37.6. The van der Waals surface area contributed by atoms with E-state index in [0.717, 1.165) is 4.90 Å². The topological polar surface area (TPSA) is 57.6 Å². The van der Waals surface area contributed by atoms with E-state index in [2.05, 4.69) is 0 Å². The van der Waals surface area contributed by atoms with Gasteiger partial charge in [0.1, 0.15) is 5.75 Å². The summed E-state index contributed by atoms with van der Waals surface area (Å²) in [6.07, 6.45) is -4.17. The number of nitrogens with zero attached hydrogens (tertiary/aromatic N) is 1. The van der Waals surface area contributed by atoms with Crippen molar-refractivity contribution in [1.29, 1.82) is 0 Å². The van der Waals surface area contributed by atoms with E-state index in [9.17, 15) is 27.9 Å². The first-order valence-corrected chi connectivity index (χ1v) is 6.86. The van der Waals surface area contributed by atoms with Gasteiger partial charge in [0, 0.05) is 18.5 Å². The summed E-state index contributed by atoms with van der Waals surface area (Å²) in [5.41, 5.74) is 0.342. The Labute approximate surface area is 124 Å². The minimum absolute atomic E-state index is 0.00186. The summed E-state index contributed by atoms with van der Waals surface area (Å²) in [4.78, 5) is 23.7. The van der Waals surface area contributed by atoms with Crippen molar-refractivity contribution in [3.8, 4) is 5.75 Å². The number of halogens is 3. The van der Waals surface area contributed by atoms with Gasteiger partial charge in [-0.3, -0.25) is 9.59 Å². The van der Waals surface area contributed by atoms with Crippen LogP contribution in [-0.2, 0) is 10.2 Å². The number of Topliss-reactive ketones (excluding diaryl/α,β-unsaturated/α-hetero) is 1. The van der Waals surface area contributed by atoms with E-state index < -0.39 is 17.5 Å². The third-order valence-electron chi connectivity index (χ3n) is 4.63. The zero-order valence-electron chi connectivity index (χ0n) is 11.8. The van der Waals surface area contributed by atoms with Crippen LogP contribution in [0.15, 0.2) is 18.2 Å². The molecule has 1 aliphatic carbocycles. The molecule has 1 aromatic rings. The van der Waals surface area contributed by atoms with Crippen molar-refractivity contribution in [2.45, 2.75) is 24.9 Å². The normalized spacial score (nSPS) is 26.7. The van der Waals surface area contributed by atoms with Crippen LogP contribution in [0.2, 0.25) is 0 Å². The number of likely N-dealkylation sites (tertiary alicyclic amines) is 1. The number of amides is 1. The van der Waals surface area contributed by atoms with Crippen molar-refractivity contribution >= 4 is 11.7 Å². The second-order valence-corrected chi connectivity index (χ2v) is 6.03. The van der Waals surface area contributed by atoms with Crippen LogP contribution in [0.1, 0.15) is 29.3 Å². The van der Waals surface area contributed by atoms with E-state index >= 15 is 0 Å². The first kappa shape index (κ1) is 14.9. The molecule has 0 bridgehead atoms. The summed E-state index contributed by atoms with van der Waals surface area (Å²) >= 11 is 0. The fraction of sp³-hybridized carbons (Fsp3) is 0.467. The highest BCUT2D eigenvalue weighted by Crippen LogP contribution is 2.59. The minimum atomic E-state index is -4.86. The number of alkyl halides is 3. The van der Waals surface area contributed by atoms with Crippen LogP contribution >= 0.6 is 0 Å². The number of carbonyl (C=O) groups is 2. The molecule has 1 saturated heterocycles. The molecule has 1 aliphatic heterocycles. The lowest BCUT2D eigenvalue weighted by atomic mass is 9.92. The number of phenolic OH excluding ortho intramolecular Hbond substituents is 1. The van der Waals surface area contributed by atoms with Crippen LogP contribution < -0.4 is 0 Å². The van der Waals surface area contributed by atoms with Crippen LogP contribution in [0.5, 0.6) is 5.75 Å². The van der Waals surface area contributed by atoms with E-state index in [1.165, 1.54) is 19.1 Å². The van der Waals surface area contributed by atoms with Crippen LogP contribution in [-0.4, -0.2) is 41.0 Å². The standard InChI is InChI=1S/C15H14F3NO3/c1-8(20)11-4-9(2-3-12(11)21)14-5-10(14)6-19(7-14)13(22)15(16,17)18/h2-4,10,21H,5-7H2,1H3/t10-,14-/m0/s1. The third-order valence-corrected chi connectivity index (χ3v) is 4.63. The molecule has 0 aromatic heterocycles. The smallest absolute Gasteiger partial charge is 0.471 e. The number of hydrogen-bond acceptors (Lipinski definition) is 3. The Morgan fingerprint density at radius 2 is 2.05 bits per heavy atom. The predicted octanol–water partition coefficient (Wildman–Crippen LogP) is 2.26. The fourth-order valence-electron chi connectivity index (χ4n) is 3.39. The molecule has 0 spiro atoms. The summed E-state index contributed by atoms with van der Waals surface area (Å²) in [5.74, 6) is -2.30. The fourth-order valence-corrected chi connectivity index (χ4v) is 3.39. The molecule has 1 N–H and O–H groups in total. The molecule has 3 rings (SSSR count). The Morgan fingerprint density at radius 1 is 1.36 bits per heavy atom. The Bertz CT molecular complexity index is 670. The SMILES string of the molecule is CC(=O)c1cc([C@@]23C[C@H]2CN(C(=O)C(F)(F)F)C3)ccc1O. The average Bonchev–Trinajstić information content (AvgIpc) is 2.99. The molecular weight excluding hydrogens is 299 g/mol. The van der Waals surface area contributed by atoms with Gasteiger partial charge in [0.05, 0.1) is 5.56 Å². The molecule has 0 unspecified atom stereocenters. The second kappa shape index (κ2) is 4.47. The molecule has 118 valence electrons. The van der Waals surface area contributed by atoms with Gasteiger partial charge in [-0.25, -0.2) is 0 Å². The van der Waals surface area contributed by atoms with Crippen LogP contribution in [0.25, 0.3) is 0 Å². The summed E-state index contributed by atoms with van der Waals surface area (Å²) in [5, 5.41) is 9.66. The van der Waals surface area contributed by atoms with E-state index in [-0.39, 0.29) is 36.1 Å². The van der Waals surface area contributed by atoms with Crippen LogP contribution in [0.3, 0.4) is 0 Å². The van der Waals surface area contributed by atoms with Gasteiger partial charge in [0.15, 0.2) is 5.78 Å². The van der Waals surface area contributed by atoms with Gasteiger partial charge in [-0.1, -0.05) is 6.07 Å². The highest BCUT2D eigenvalue weighted by molar-refractivity contribution is 5.97. The van der Waals surface area contributed by atoms with Gasteiger partial charge >= 0.3 is 12.1 Å². The average molecular weight is 313 g/mol. The van der Waals surface area contributed by atoms with Gasteiger partial charge in [-0.15, -0.1) is 0 Å². The Balaban J connectivity index is 1.87. The van der Waals surface area contributed by atoms with Gasteiger partial charge in [0.2, 0.25) is 0 Å². The lowest BCUT2D eigenvalue weighted by Gasteiger charge is -2.22. The quantitative estimate of drug-likeness (QED) is 0.852. The lowest BCUT2D eigenvalue weighted by Crippen LogP contribution is -2.41. The summed E-state index contributed by atoms with van der Waals surface area (Å²) in [6, 6.07) is 4.52. The van der Waals surface area contributed by atoms with E-state index in [1.807, 2.05) is 0 Å². The molecule has 7 heteroatoms. The van der Waals surface area contributed by atoms with Gasteiger partial charge < -0.3 is 10.0 Å². The molecule has 1 amide bonds. The number of piperidine rings is 1. The molecule has 2 fully saturated rings. The highest BCUT2D eigenvalue weighted by Gasteiger charge is 2.63. The van der Waals surface area contributed by atoms with Crippen molar-refractivity contribution in [3.63, 3.8) is 0 Å². The maximum atomic E-state index is 12.5. The van der Waals surface area contributed by atoms with E-state index in [0.29, 0.717) is 12.0 Å². The number of fused-ring (bicyclic) bond motifs is 1.